The van der Waals surface area contributed by atoms with Crippen LogP contribution in [0.5, 0.6) is 0 Å². The fourth-order valence-electron chi connectivity index (χ4n) is 7.67. The zero-order valence-corrected chi connectivity index (χ0v) is 41.3. The van der Waals surface area contributed by atoms with E-state index in [4.69, 9.17) is 28.4 Å². The van der Waals surface area contributed by atoms with Gasteiger partial charge in [-0.05, 0) is 77.0 Å². The SMILES string of the molecule is CCC/C=C/C/C=C/C/C=C/C/C=C/CCCCCC(=O)OC[C@@H](CO[C@@H]1O[C@H](CO[C@@H]2O[C@H](CO)[C@H](O)C(O)C2O)[C@H](O)C(O)C1O)OC(=O)CCCCCCCCC/C=C/CCCCCC. The van der Waals surface area contributed by atoms with Crippen LogP contribution in [0.4, 0.5) is 0 Å². The van der Waals surface area contributed by atoms with Gasteiger partial charge in [-0.3, -0.25) is 9.59 Å². The Morgan fingerprint density at radius 1 is 0.471 bits per heavy atom. The van der Waals surface area contributed by atoms with E-state index in [0.717, 1.165) is 77.0 Å². The highest BCUT2D eigenvalue weighted by Gasteiger charge is 2.47. The highest BCUT2D eigenvalue weighted by atomic mass is 16.7. The summed E-state index contributed by atoms with van der Waals surface area (Å²) in [6.45, 7) is 2.46. The van der Waals surface area contributed by atoms with E-state index in [0.29, 0.717) is 12.8 Å². The summed E-state index contributed by atoms with van der Waals surface area (Å²) in [6.07, 6.45) is 28.1. The molecular weight excluding hydrogens is 877 g/mol. The topological polar surface area (TPSA) is 231 Å². The van der Waals surface area contributed by atoms with Crippen molar-refractivity contribution < 1.29 is 73.8 Å². The lowest BCUT2D eigenvalue weighted by Crippen LogP contribution is -2.61. The second kappa shape index (κ2) is 39.9. The normalized spacial score (nSPS) is 26.2. The van der Waals surface area contributed by atoms with Crippen LogP contribution in [0.25, 0.3) is 0 Å². The van der Waals surface area contributed by atoms with Crippen LogP contribution in [0.3, 0.4) is 0 Å². The Morgan fingerprint density at radius 2 is 0.912 bits per heavy atom. The van der Waals surface area contributed by atoms with Gasteiger partial charge >= 0.3 is 11.9 Å². The molecule has 0 aromatic heterocycles. The predicted molar refractivity (Wildman–Crippen MR) is 261 cm³/mol. The lowest BCUT2D eigenvalue weighted by molar-refractivity contribution is -0.332. The van der Waals surface area contributed by atoms with Crippen molar-refractivity contribution in [1.29, 1.82) is 0 Å². The molecule has 68 heavy (non-hydrogen) atoms. The Balaban J connectivity index is 1.83. The maximum atomic E-state index is 13.0. The number of unbranched alkanes of at least 4 members (excludes halogenated alkanes) is 15. The average Bonchev–Trinajstić information content (AvgIpc) is 3.33. The molecule has 2 aliphatic heterocycles. The third-order valence-electron chi connectivity index (χ3n) is 11.9. The fourth-order valence-corrected chi connectivity index (χ4v) is 7.67. The number of esters is 2. The number of hydrogen-bond acceptors (Lipinski definition) is 15. The second-order valence-corrected chi connectivity index (χ2v) is 18.0. The molecule has 2 rings (SSSR count). The minimum absolute atomic E-state index is 0.150. The molecule has 7 N–H and O–H groups in total. The molecular formula is C53H90O15. The number of rotatable bonds is 39. The molecule has 0 aliphatic carbocycles. The molecule has 392 valence electrons. The van der Waals surface area contributed by atoms with Crippen molar-refractivity contribution in [2.45, 2.75) is 235 Å². The number of ether oxygens (including phenoxy) is 6. The standard InChI is InChI=1S/C53H90O15/c1-3-5-7-9-11-13-15-17-19-20-22-23-25-27-29-31-33-35-44(55)63-38-41(66-45(56)36-34-32-30-28-26-24-21-18-16-14-12-10-8-6-4-2)39-64-52-51(62)49(60)47(58)43(68-52)40-65-53-50(61)48(59)46(57)42(37-54)67-53/h7,9,13-16,19-20,23,25,41-43,46-54,57-62H,3-6,8,10-12,17-18,21-22,24,26-40H2,1-2H3/b9-7+,15-13+,16-14+,20-19+,25-23+/t41-,42+,43+,46-,47-,48?,49?,50?,51?,52+,53+/m0/s1. The van der Waals surface area contributed by atoms with Gasteiger partial charge in [0.25, 0.3) is 0 Å². The first-order valence-corrected chi connectivity index (χ1v) is 25.9. The van der Waals surface area contributed by atoms with E-state index in [9.17, 15) is 45.3 Å². The summed E-state index contributed by atoms with van der Waals surface area (Å²) in [6, 6.07) is 0. The number of aliphatic hydroxyl groups is 7. The number of allylic oxidation sites excluding steroid dienone is 10. The zero-order valence-electron chi connectivity index (χ0n) is 41.3. The first-order valence-electron chi connectivity index (χ1n) is 25.9. The van der Waals surface area contributed by atoms with E-state index >= 15 is 0 Å². The van der Waals surface area contributed by atoms with E-state index in [1.165, 1.54) is 51.4 Å². The molecule has 0 spiro atoms. The van der Waals surface area contributed by atoms with Gasteiger partial charge in [-0.2, -0.15) is 0 Å². The fraction of sp³-hybridized carbons (Fsp3) is 0.774. The highest BCUT2D eigenvalue weighted by molar-refractivity contribution is 5.70. The van der Waals surface area contributed by atoms with Gasteiger partial charge in [-0.25, -0.2) is 0 Å². The maximum Gasteiger partial charge on any atom is 0.306 e. The Kier molecular flexibility index (Phi) is 36.0. The number of carbonyl (C=O) groups excluding carboxylic acids is 2. The van der Waals surface area contributed by atoms with Crippen LogP contribution in [0.15, 0.2) is 60.8 Å². The Labute approximate surface area is 407 Å². The van der Waals surface area contributed by atoms with Gasteiger partial charge in [0, 0.05) is 12.8 Å². The summed E-state index contributed by atoms with van der Waals surface area (Å²) in [4.78, 5) is 25.8. The first-order chi connectivity index (χ1) is 33.0. The molecule has 2 heterocycles. The smallest absolute Gasteiger partial charge is 0.306 e. The molecule has 0 aromatic rings. The Bertz CT molecular complexity index is 1420. The van der Waals surface area contributed by atoms with E-state index in [-0.39, 0.29) is 19.4 Å². The molecule has 11 atom stereocenters. The lowest BCUT2D eigenvalue weighted by Gasteiger charge is -2.42. The molecule has 0 radical (unpaired) electrons. The number of aliphatic hydroxyl groups excluding tert-OH is 7. The summed E-state index contributed by atoms with van der Waals surface area (Å²) < 4.78 is 33.5. The molecule has 0 aromatic carbocycles. The van der Waals surface area contributed by atoms with Gasteiger partial charge in [-0.1, -0.05) is 139 Å². The quantitative estimate of drug-likeness (QED) is 0.0183. The molecule has 15 nitrogen and oxygen atoms in total. The van der Waals surface area contributed by atoms with Crippen molar-refractivity contribution in [2.75, 3.05) is 26.4 Å². The van der Waals surface area contributed by atoms with Crippen molar-refractivity contribution in [2.24, 2.45) is 0 Å². The van der Waals surface area contributed by atoms with Crippen LogP contribution < -0.4 is 0 Å². The molecule has 0 saturated carbocycles. The lowest BCUT2D eigenvalue weighted by atomic mass is 9.98. The molecule has 0 amide bonds. The van der Waals surface area contributed by atoms with Crippen molar-refractivity contribution in [1.82, 2.24) is 0 Å². The van der Waals surface area contributed by atoms with E-state index in [1.807, 2.05) is 0 Å². The summed E-state index contributed by atoms with van der Waals surface area (Å²) in [5.74, 6) is -0.970. The van der Waals surface area contributed by atoms with Crippen LogP contribution in [-0.2, 0) is 38.0 Å². The summed E-state index contributed by atoms with van der Waals surface area (Å²) in [7, 11) is 0. The largest absolute Gasteiger partial charge is 0.462 e. The summed E-state index contributed by atoms with van der Waals surface area (Å²) in [5.41, 5.74) is 0. The summed E-state index contributed by atoms with van der Waals surface area (Å²) in [5, 5.41) is 72.1. The molecule has 0 bridgehead atoms. The predicted octanol–water partition coefficient (Wildman–Crippen LogP) is 7.27. The monoisotopic (exact) mass is 967 g/mol. The van der Waals surface area contributed by atoms with Gasteiger partial charge in [0.15, 0.2) is 18.7 Å². The zero-order chi connectivity index (χ0) is 49.6. The maximum absolute atomic E-state index is 13.0. The molecule has 4 unspecified atom stereocenters. The van der Waals surface area contributed by atoms with Crippen molar-refractivity contribution in [3.8, 4) is 0 Å². The van der Waals surface area contributed by atoms with Crippen LogP contribution >= 0.6 is 0 Å². The Hall–Kier alpha value is -2.80. The minimum atomic E-state index is -1.77. The van der Waals surface area contributed by atoms with Crippen molar-refractivity contribution in [3.63, 3.8) is 0 Å². The van der Waals surface area contributed by atoms with Crippen LogP contribution in [-0.4, -0.2) is 142 Å². The third kappa shape index (κ3) is 27.6. The second-order valence-electron chi connectivity index (χ2n) is 18.0. The molecule has 2 aliphatic rings. The van der Waals surface area contributed by atoms with Crippen LogP contribution in [0.2, 0.25) is 0 Å². The van der Waals surface area contributed by atoms with Gasteiger partial charge in [-0.15, -0.1) is 0 Å². The van der Waals surface area contributed by atoms with Gasteiger partial charge < -0.3 is 64.2 Å². The minimum Gasteiger partial charge on any atom is -0.462 e. The highest BCUT2D eigenvalue weighted by Crippen LogP contribution is 2.26. The average molecular weight is 967 g/mol. The van der Waals surface area contributed by atoms with Crippen molar-refractivity contribution >= 4 is 11.9 Å². The molecule has 2 fully saturated rings. The van der Waals surface area contributed by atoms with Crippen LogP contribution in [0.1, 0.15) is 168 Å². The van der Waals surface area contributed by atoms with E-state index < -0.39 is 99.3 Å². The Morgan fingerprint density at radius 3 is 1.47 bits per heavy atom. The molecule has 15 heteroatoms. The van der Waals surface area contributed by atoms with Crippen molar-refractivity contribution in [3.05, 3.63) is 60.8 Å². The first kappa shape index (κ1) is 61.3. The third-order valence-corrected chi connectivity index (χ3v) is 11.9. The number of carbonyl (C=O) groups is 2. The van der Waals surface area contributed by atoms with Gasteiger partial charge in [0.1, 0.15) is 55.4 Å². The van der Waals surface area contributed by atoms with E-state index in [1.54, 1.807) is 0 Å². The van der Waals surface area contributed by atoms with E-state index in [2.05, 4.69) is 74.6 Å². The van der Waals surface area contributed by atoms with Gasteiger partial charge in [0.2, 0.25) is 0 Å². The van der Waals surface area contributed by atoms with Gasteiger partial charge in [0.05, 0.1) is 19.8 Å². The van der Waals surface area contributed by atoms with Crippen LogP contribution in [0, 0.1) is 0 Å². The molecule has 2 saturated heterocycles. The number of hydrogen-bond donors (Lipinski definition) is 7. The summed E-state index contributed by atoms with van der Waals surface area (Å²) >= 11 is 0.